The minimum Gasteiger partial charge on any atom is -0.497 e. The predicted octanol–water partition coefficient (Wildman–Crippen LogP) is 2.45. The summed E-state index contributed by atoms with van der Waals surface area (Å²) in [6, 6.07) is 8.03. The number of hydrogen-bond donors (Lipinski definition) is 1. The monoisotopic (exact) mass is 332 g/mol. The normalized spacial score (nSPS) is 18.5. The van der Waals surface area contributed by atoms with Crippen molar-refractivity contribution in [1.29, 1.82) is 0 Å². The molecule has 0 atom stereocenters. The zero-order valence-electron chi connectivity index (χ0n) is 14.5. The number of likely N-dealkylation sites (tertiary alicyclic amines) is 1. The number of piperidine rings is 1. The summed E-state index contributed by atoms with van der Waals surface area (Å²) in [5, 5.41) is 3.64. The van der Waals surface area contributed by atoms with Crippen molar-refractivity contribution in [2.45, 2.75) is 38.1 Å². The van der Waals surface area contributed by atoms with Gasteiger partial charge in [0.15, 0.2) is 0 Å². The third kappa shape index (κ3) is 5.13. The first-order chi connectivity index (χ1) is 11.7. The van der Waals surface area contributed by atoms with E-state index in [1.165, 1.54) is 12.8 Å². The molecule has 132 valence electrons. The molecule has 1 aromatic carbocycles. The van der Waals surface area contributed by atoms with Crippen LogP contribution in [0.4, 0.5) is 0 Å². The summed E-state index contributed by atoms with van der Waals surface area (Å²) < 4.78 is 10.8. The van der Waals surface area contributed by atoms with Crippen molar-refractivity contribution >= 4 is 5.91 Å². The van der Waals surface area contributed by atoms with Gasteiger partial charge in [-0.25, -0.2) is 0 Å². The van der Waals surface area contributed by atoms with Crippen LogP contribution in [0.3, 0.4) is 0 Å². The molecule has 1 saturated carbocycles. The summed E-state index contributed by atoms with van der Waals surface area (Å²) in [6.07, 6.45) is 5.35. The Morgan fingerprint density at radius 3 is 2.42 bits per heavy atom. The Labute approximate surface area is 144 Å². The standard InChI is InChI=1S/C19H28N2O3/c1-23-17-4-6-18(7-5-17)24-13-10-19(22)21-11-8-16(9-12-21)20-14-15-2-3-15/h4-7,15-16,20H,2-3,8-14H2,1H3. The fraction of sp³-hybridized carbons (Fsp3) is 0.632. The van der Waals surface area contributed by atoms with Crippen LogP contribution >= 0.6 is 0 Å². The lowest BCUT2D eigenvalue weighted by Crippen LogP contribution is -2.45. The Morgan fingerprint density at radius 2 is 1.79 bits per heavy atom. The lowest BCUT2D eigenvalue weighted by Gasteiger charge is -2.32. The van der Waals surface area contributed by atoms with Crippen molar-refractivity contribution < 1.29 is 14.3 Å². The minimum atomic E-state index is 0.198. The van der Waals surface area contributed by atoms with E-state index in [-0.39, 0.29) is 5.91 Å². The Morgan fingerprint density at radius 1 is 1.12 bits per heavy atom. The van der Waals surface area contributed by atoms with Gasteiger partial charge < -0.3 is 19.7 Å². The molecule has 1 aliphatic carbocycles. The predicted molar refractivity (Wildman–Crippen MR) is 93.4 cm³/mol. The molecule has 0 radical (unpaired) electrons. The van der Waals surface area contributed by atoms with Crippen molar-refractivity contribution in [1.82, 2.24) is 10.2 Å². The van der Waals surface area contributed by atoms with Crippen LogP contribution in [-0.2, 0) is 4.79 Å². The summed E-state index contributed by atoms with van der Waals surface area (Å²) in [7, 11) is 1.64. The van der Waals surface area contributed by atoms with Gasteiger partial charge in [0.25, 0.3) is 0 Å². The maximum atomic E-state index is 12.3. The van der Waals surface area contributed by atoms with E-state index in [0.29, 0.717) is 19.1 Å². The molecule has 0 bridgehead atoms. The quantitative estimate of drug-likeness (QED) is 0.794. The van der Waals surface area contributed by atoms with E-state index < -0.39 is 0 Å². The van der Waals surface area contributed by atoms with Gasteiger partial charge in [-0.2, -0.15) is 0 Å². The number of amides is 1. The Bertz CT molecular complexity index is 520. The highest BCUT2D eigenvalue weighted by Crippen LogP contribution is 2.28. The molecular formula is C19H28N2O3. The van der Waals surface area contributed by atoms with Crippen LogP contribution < -0.4 is 14.8 Å². The zero-order valence-corrected chi connectivity index (χ0v) is 14.5. The molecule has 1 aromatic rings. The maximum absolute atomic E-state index is 12.3. The van der Waals surface area contributed by atoms with Crippen LogP contribution in [0.25, 0.3) is 0 Å². The third-order valence-electron chi connectivity index (χ3n) is 4.88. The second-order valence-electron chi connectivity index (χ2n) is 6.78. The third-order valence-corrected chi connectivity index (χ3v) is 4.88. The number of nitrogens with zero attached hydrogens (tertiary/aromatic N) is 1. The van der Waals surface area contributed by atoms with E-state index in [0.717, 1.165) is 49.9 Å². The second kappa shape index (κ2) is 8.38. The number of rotatable bonds is 8. The number of carbonyl (C=O) groups excluding carboxylic acids is 1. The van der Waals surface area contributed by atoms with Crippen molar-refractivity contribution in [2.75, 3.05) is 33.4 Å². The number of ether oxygens (including phenoxy) is 2. The Hall–Kier alpha value is -1.75. The molecule has 0 aromatic heterocycles. The molecule has 2 aliphatic rings. The molecule has 3 rings (SSSR count). The van der Waals surface area contributed by atoms with Crippen molar-refractivity contribution in [3.05, 3.63) is 24.3 Å². The van der Waals surface area contributed by atoms with E-state index in [9.17, 15) is 4.79 Å². The van der Waals surface area contributed by atoms with Gasteiger partial charge >= 0.3 is 0 Å². The summed E-state index contributed by atoms with van der Waals surface area (Å²) in [4.78, 5) is 14.3. The average Bonchev–Trinajstić information content (AvgIpc) is 3.45. The van der Waals surface area contributed by atoms with Gasteiger partial charge in [-0.05, 0) is 62.4 Å². The highest BCUT2D eigenvalue weighted by Gasteiger charge is 2.25. The molecule has 5 nitrogen and oxygen atoms in total. The number of benzene rings is 1. The molecule has 24 heavy (non-hydrogen) atoms. The van der Waals surface area contributed by atoms with Gasteiger partial charge in [-0.3, -0.25) is 4.79 Å². The Kier molecular flexibility index (Phi) is 5.96. The van der Waals surface area contributed by atoms with E-state index in [1.807, 2.05) is 29.2 Å². The first kappa shape index (κ1) is 17.1. The fourth-order valence-electron chi connectivity index (χ4n) is 3.07. The molecule has 5 heteroatoms. The van der Waals surface area contributed by atoms with Gasteiger partial charge in [0.2, 0.25) is 5.91 Å². The average molecular weight is 332 g/mol. The summed E-state index contributed by atoms with van der Waals surface area (Å²) in [5.74, 6) is 2.69. The summed E-state index contributed by atoms with van der Waals surface area (Å²) in [5.41, 5.74) is 0. The zero-order chi connectivity index (χ0) is 16.8. The largest absolute Gasteiger partial charge is 0.497 e. The summed E-state index contributed by atoms with van der Waals surface area (Å²) >= 11 is 0. The number of nitrogens with one attached hydrogen (secondary N) is 1. The Balaban J connectivity index is 1.31. The second-order valence-corrected chi connectivity index (χ2v) is 6.78. The number of carbonyl (C=O) groups is 1. The van der Waals surface area contributed by atoms with Crippen molar-refractivity contribution in [2.24, 2.45) is 5.92 Å². The molecule has 0 spiro atoms. The van der Waals surface area contributed by atoms with E-state index in [2.05, 4.69) is 5.32 Å². The first-order valence-corrected chi connectivity index (χ1v) is 9.02. The van der Waals surface area contributed by atoms with E-state index in [1.54, 1.807) is 7.11 Å². The topological polar surface area (TPSA) is 50.8 Å². The SMILES string of the molecule is COc1ccc(OCCC(=O)N2CCC(NCC3CC3)CC2)cc1. The van der Waals surface area contributed by atoms with Crippen LogP contribution in [0.2, 0.25) is 0 Å². The maximum Gasteiger partial charge on any atom is 0.225 e. The van der Waals surface area contributed by atoms with Gasteiger partial charge in [-0.1, -0.05) is 0 Å². The van der Waals surface area contributed by atoms with Crippen LogP contribution in [0.15, 0.2) is 24.3 Å². The van der Waals surface area contributed by atoms with E-state index >= 15 is 0 Å². The van der Waals surface area contributed by atoms with E-state index in [4.69, 9.17) is 9.47 Å². The van der Waals surface area contributed by atoms with Gasteiger partial charge in [0, 0.05) is 19.1 Å². The molecule has 2 fully saturated rings. The molecule has 1 amide bonds. The number of hydrogen-bond acceptors (Lipinski definition) is 4. The fourth-order valence-corrected chi connectivity index (χ4v) is 3.07. The molecule has 1 saturated heterocycles. The molecule has 1 heterocycles. The molecule has 0 unspecified atom stereocenters. The summed E-state index contributed by atoms with van der Waals surface area (Å²) in [6.45, 7) is 3.31. The van der Waals surface area contributed by atoms with Gasteiger partial charge in [0.05, 0.1) is 20.1 Å². The highest BCUT2D eigenvalue weighted by molar-refractivity contribution is 5.76. The van der Waals surface area contributed by atoms with Crippen molar-refractivity contribution in [3.63, 3.8) is 0 Å². The van der Waals surface area contributed by atoms with Crippen LogP contribution in [0.1, 0.15) is 32.1 Å². The molecule has 1 N–H and O–H groups in total. The smallest absolute Gasteiger partial charge is 0.225 e. The van der Waals surface area contributed by atoms with Crippen LogP contribution in [0.5, 0.6) is 11.5 Å². The number of methoxy groups -OCH3 is 1. The highest BCUT2D eigenvalue weighted by atomic mass is 16.5. The molecular weight excluding hydrogens is 304 g/mol. The van der Waals surface area contributed by atoms with Crippen LogP contribution in [-0.4, -0.2) is 50.2 Å². The van der Waals surface area contributed by atoms with Gasteiger partial charge in [0.1, 0.15) is 11.5 Å². The van der Waals surface area contributed by atoms with Crippen molar-refractivity contribution in [3.8, 4) is 11.5 Å². The minimum absolute atomic E-state index is 0.198. The lowest BCUT2D eigenvalue weighted by atomic mass is 10.0. The first-order valence-electron chi connectivity index (χ1n) is 9.02. The van der Waals surface area contributed by atoms with Crippen LogP contribution in [0, 0.1) is 5.92 Å². The molecule has 1 aliphatic heterocycles. The lowest BCUT2D eigenvalue weighted by molar-refractivity contribution is -0.132. The van der Waals surface area contributed by atoms with Gasteiger partial charge in [-0.15, -0.1) is 0 Å².